The van der Waals surface area contributed by atoms with Crippen LogP contribution in [0, 0.1) is 17.1 Å². The maximum Gasteiger partial charge on any atom is 0.409 e. The van der Waals surface area contributed by atoms with Crippen LogP contribution >= 0.6 is 22.7 Å². The van der Waals surface area contributed by atoms with Crippen LogP contribution in [0.5, 0.6) is 0 Å². The summed E-state index contributed by atoms with van der Waals surface area (Å²) in [5.74, 6) is 0.338. The van der Waals surface area contributed by atoms with Crippen LogP contribution in [0.4, 0.5) is 20.1 Å². The maximum absolute atomic E-state index is 13.5. The zero-order valence-corrected chi connectivity index (χ0v) is 24.7. The van der Waals surface area contributed by atoms with Gasteiger partial charge in [0.25, 0.3) is 0 Å². The molecule has 1 aromatic carbocycles. The third kappa shape index (κ3) is 5.25. The van der Waals surface area contributed by atoms with E-state index in [-0.39, 0.29) is 23.5 Å². The minimum atomic E-state index is -0.428. The molecule has 3 aromatic heterocycles. The van der Waals surface area contributed by atoms with Crippen LogP contribution in [0.2, 0.25) is 0 Å². The van der Waals surface area contributed by atoms with E-state index in [0.29, 0.717) is 39.9 Å². The summed E-state index contributed by atoms with van der Waals surface area (Å²) >= 11 is 2.74. The predicted molar refractivity (Wildman–Crippen MR) is 156 cm³/mol. The van der Waals surface area contributed by atoms with Crippen LogP contribution in [0.15, 0.2) is 36.0 Å². The number of thiazole rings is 1. The number of hydrogen-bond donors (Lipinski definition) is 2. The standard InChI is InChI=1S/C28H29FN8O2S2/c1-5-18-23(33-25-32-22(20(14-30)40-25)15-8-10-16(29)11-9-15)37-26(31-18)41-24(35-37)17-13-21(36-12-6-7-19(17)36)39-27(38)34-28(2,3)4/h7-11,17,21H,5-6,12-13H2,1-4H3,(H,32,33)(H,34,38). The number of anilines is 2. The Morgan fingerprint density at radius 3 is 2.73 bits per heavy atom. The summed E-state index contributed by atoms with van der Waals surface area (Å²) in [6.07, 6.45) is 3.60. The number of imidazole rings is 1. The first-order valence-electron chi connectivity index (χ1n) is 13.4. The number of alkyl carbamates (subject to hydrolysis) is 1. The van der Waals surface area contributed by atoms with Crippen molar-refractivity contribution < 1.29 is 13.9 Å². The molecule has 0 saturated carbocycles. The average molecular weight is 593 g/mol. The molecule has 5 heterocycles. The zero-order valence-electron chi connectivity index (χ0n) is 23.1. The number of benzene rings is 1. The van der Waals surface area contributed by atoms with Crippen molar-refractivity contribution in [3.05, 3.63) is 57.4 Å². The Bertz CT molecular complexity index is 1690. The number of carbonyl (C=O) groups is 1. The number of aromatic nitrogens is 4. The van der Waals surface area contributed by atoms with Crippen LogP contribution < -0.4 is 10.6 Å². The second kappa shape index (κ2) is 10.4. The lowest BCUT2D eigenvalue weighted by Crippen LogP contribution is -2.44. The van der Waals surface area contributed by atoms with Crippen LogP contribution in [0.1, 0.15) is 62.0 Å². The fraction of sp³-hybridized carbons (Fsp3) is 0.393. The first-order chi connectivity index (χ1) is 19.6. The summed E-state index contributed by atoms with van der Waals surface area (Å²) in [6.45, 7) is 8.59. The summed E-state index contributed by atoms with van der Waals surface area (Å²) in [5.41, 5.74) is 2.74. The number of nitrogens with zero attached hydrogens (tertiary/aromatic N) is 6. The zero-order chi connectivity index (χ0) is 28.9. The number of amides is 1. The van der Waals surface area contributed by atoms with Crippen molar-refractivity contribution in [1.29, 1.82) is 5.26 Å². The van der Waals surface area contributed by atoms with E-state index in [2.05, 4.69) is 32.7 Å². The monoisotopic (exact) mass is 592 g/mol. The summed E-state index contributed by atoms with van der Waals surface area (Å²) in [5, 5.41) is 22.3. The quantitative estimate of drug-likeness (QED) is 0.273. The summed E-state index contributed by atoms with van der Waals surface area (Å²) in [7, 11) is 0. The number of carbonyl (C=O) groups excluding carboxylic acids is 1. The van der Waals surface area contributed by atoms with Gasteiger partial charge in [-0.15, -0.1) is 0 Å². The van der Waals surface area contributed by atoms with Crippen molar-refractivity contribution >= 4 is 44.7 Å². The van der Waals surface area contributed by atoms with E-state index in [4.69, 9.17) is 14.8 Å². The van der Waals surface area contributed by atoms with Gasteiger partial charge < -0.3 is 20.3 Å². The van der Waals surface area contributed by atoms with Crippen LogP contribution in [0.3, 0.4) is 0 Å². The average Bonchev–Trinajstić information content (AvgIpc) is 3.72. The molecule has 0 spiro atoms. The van der Waals surface area contributed by atoms with E-state index in [9.17, 15) is 14.4 Å². The smallest absolute Gasteiger partial charge is 0.409 e. The van der Waals surface area contributed by atoms with E-state index in [0.717, 1.165) is 34.3 Å². The molecule has 10 nitrogen and oxygen atoms in total. The number of allylic oxidation sites excluding steroid dienone is 1. The second-order valence-corrected chi connectivity index (χ2v) is 13.0. The minimum absolute atomic E-state index is 0.00954. The van der Waals surface area contributed by atoms with Gasteiger partial charge in [0.05, 0.1) is 11.6 Å². The highest BCUT2D eigenvalue weighted by atomic mass is 32.1. The highest BCUT2D eigenvalue weighted by molar-refractivity contribution is 7.17. The van der Waals surface area contributed by atoms with Gasteiger partial charge in [0, 0.05) is 29.8 Å². The van der Waals surface area contributed by atoms with Crippen molar-refractivity contribution in [3.8, 4) is 17.3 Å². The highest BCUT2D eigenvalue weighted by Gasteiger charge is 2.43. The van der Waals surface area contributed by atoms with E-state index < -0.39 is 6.09 Å². The van der Waals surface area contributed by atoms with Crippen molar-refractivity contribution in [2.45, 2.75) is 64.6 Å². The molecule has 2 aliphatic rings. The fourth-order valence-corrected chi connectivity index (χ4v) is 7.00. The number of halogens is 1. The first kappa shape index (κ1) is 27.2. The largest absolute Gasteiger partial charge is 0.425 e. The topological polar surface area (TPSA) is 120 Å². The SMILES string of the molecule is CCc1nc2sc(C3CC(OC(=O)NC(C)(C)C)N4CCC=C34)nn2c1Nc1nc(-c2ccc(F)cc2)c(C#N)s1. The molecular weight excluding hydrogens is 563 g/mol. The lowest BCUT2D eigenvalue weighted by atomic mass is 10.1. The third-order valence-corrected chi connectivity index (χ3v) is 8.81. The number of aryl methyl sites for hydroxylation is 1. The molecule has 2 N–H and O–H groups in total. The molecule has 1 saturated heterocycles. The Morgan fingerprint density at radius 1 is 1.24 bits per heavy atom. The molecule has 2 unspecified atom stereocenters. The lowest BCUT2D eigenvalue weighted by molar-refractivity contribution is 0.0239. The maximum atomic E-state index is 13.5. The second-order valence-electron chi connectivity index (χ2n) is 11.0. The third-order valence-electron chi connectivity index (χ3n) is 6.91. The minimum Gasteiger partial charge on any atom is -0.425 e. The van der Waals surface area contributed by atoms with Gasteiger partial charge in [0.2, 0.25) is 4.96 Å². The van der Waals surface area contributed by atoms with Gasteiger partial charge in [-0.3, -0.25) is 0 Å². The number of nitrogens with one attached hydrogen (secondary N) is 2. The molecule has 0 aliphatic carbocycles. The van der Waals surface area contributed by atoms with E-state index in [1.54, 1.807) is 16.6 Å². The van der Waals surface area contributed by atoms with Gasteiger partial charge in [0.15, 0.2) is 17.2 Å². The van der Waals surface area contributed by atoms with Gasteiger partial charge in [-0.25, -0.2) is 19.2 Å². The number of fused-ring (bicyclic) bond motifs is 2. The molecule has 41 heavy (non-hydrogen) atoms. The molecule has 4 aromatic rings. The molecule has 1 fully saturated rings. The Balaban J connectivity index is 1.28. The normalized spacial score (nSPS) is 18.3. The van der Waals surface area contributed by atoms with E-state index >= 15 is 0 Å². The predicted octanol–water partition coefficient (Wildman–Crippen LogP) is 6.16. The Hall–Kier alpha value is -4.02. The van der Waals surface area contributed by atoms with Crippen LogP contribution in [0.25, 0.3) is 16.2 Å². The summed E-state index contributed by atoms with van der Waals surface area (Å²) < 4.78 is 21.1. The lowest BCUT2D eigenvalue weighted by Gasteiger charge is -2.26. The Labute approximate surface area is 244 Å². The Kier molecular flexibility index (Phi) is 6.91. The number of ether oxygens (including phenoxy) is 1. The van der Waals surface area contributed by atoms with Gasteiger partial charge in [-0.1, -0.05) is 35.7 Å². The molecular formula is C28H29FN8O2S2. The fourth-order valence-electron chi connectivity index (χ4n) is 5.17. The Morgan fingerprint density at radius 2 is 2.02 bits per heavy atom. The number of rotatable bonds is 6. The number of hydrogen-bond acceptors (Lipinski definition) is 10. The molecule has 2 atom stereocenters. The van der Waals surface area contributed by atoms with Crippen molar-refractivity contribution in [2.24, 2.45) is 0 Å². The summed E-state index contributed by atoms with van der Waals surface area (Å²) in [6, 6.07) is 8.14. The molecule has 0 radical (unpaired) electrons. The van der Waals surface area contributed by atoms with Gasteiger partial charge in [-0.05, 0) is 57.9 Å². The van der Waals surface area contributed by atoms with Crippen molar-refractivity contribution in [1.82, 2.24) is 29.8 Å². The molecule has 2 aliphatic heterocycles. The van der Waals surface area contributed by atoms with Gasteiger partial charge >= 0.3 is 6.09 Å². The van der Waals surface area contributed by atoms with Crippen molar-refractivity contribution in [2.75, 3.05) is 11.9 Å². The van der Waals surface area contributed by atoms with Gasteiger partial charge in [0.1, 0.15) is 27.5 Å². The molecule has 212 valence electrons. The van der Waals surface area contributed by atoms with Crippen LogP contribution in [-0.4, -0.2) is 48.9 Å². The summed E-state index contributed by atoms with van der Waals surface area (Å²) in [4.78, 5) is 25.3. The van der Waals surface area contributed by atoms with Gasteiger partial charge in [-0.2, -0.15) is 14.9 Å². The molecule has 0 bridgehead atoms. The molecule has 13 heteroatoms. The van der Waals surface area contributed by atoms with E-state index in [1.165, 1.54) is 34.8 Å². The van der Waals surface area contributed by atoms with Crippen LogP contribution in [-0.2, 0) is 11.2 Å². The number of nitriles is 1. The molecule has 6 rings (SSSR count). The molecule has 1 amide bonds. The van der Waals surface area contributed by atoms with E-state index in [1.807, 2.05) is 27.7 Å². The highest BCUT2D eigenvalue weighted by Crippen LogP contribution is 2.45. The van der Waals surface area contributed by atoms with Crippen molar-refractivity contribution in [3.63, 3.8) is 0 Å². The first-order valence-corrected chi connectivity index (χ1v) is 15.0.